The number of aryl methyl sites for hydroxylation is 1. The van der Waals surface area contributed by atoms with Crippen LogP contribution in [-0.2, 0) is 17.4 Å². The quantitative estimate of drug-likeness (QED) is 0.536. The Morgan fingerprint density at radius 2 is 1.90 bits per heavy atom. The first-order valence-corrected chi connectivity index (χ1v) is 9.71. The summed E-state index contributed by atoms with van der Waals surface area (Å²) in [6.07, 6.45) is -1.64. The van der Waals surface area contributed by atoms with Crippen molar-refractivity contribution < 1.29 is 74.5 Å². The van der Waals surface area contributed by atoms with Crippen LogP contribution in [0.3, 0.4) is 0 Å². The number of halogens is 3. The molecule has 0 radical (unpaired) electrons. The van der Waals surface area contributed by atoms with Crippen LogP contribution in [0.4, 0.5) is 24.8 Å². The van der Waals surface area contributed by atoms with Gasteiger partial charge in [0.1, 0.15) is 5.69 Å². The van der Waals surface area contributed by atoms with E-state index in [1.54, 1.807) is 32.2 Å². The molecule has 0 aliphatic heterocycles. The van der Waals surface area contributed by atoms with Crippen molar-refractivity contribution in [2.24, 2.45) is 5.41 Å². The average molecular weight is 475 g/mol. The van der Waals surface area contributed by atoms with Gasteiger partial charge in [0, 0.05) is 35.9 Å². The third-order valence-electron chi connectivity index (χ3n) is 4.26. The van der Waals surface area contributed by atoms with Crippen molar-refractivity contribution >= 4 is 28.9 Å². The zero-order valence-corrected chi connectivity index (χ0v) is 21.3. The number of carboxylic acids is 1. The number of rotatable bonds is 6. The van der Waals surface area contributed by atoms with Crippen LogP contribution in [0, 0.1) is 12.3 Å². The molecule has 0 saturated heterocycles. The van der Waals surface area contributed by atoms with Crippen LogP contribution >= 0.6 is 11.3 Å². The summed E-state index contributed by atoms with van der Waals surface area (Å²) in [5.41, 5.74) is 0.103. The van der Waals surface area contributed by atoms with E-state index in [1.165, 1.54) is 11.3 Å². The molecule has 0 amide bonds. The van der Waals surface area contributed by atoms with Crippen LogP contribution in [0.2, 0.25) is 0 Å². The van der Waals surface area contributed by atoms with Crippen LogP contribution in [0.5, 0.6) is 0 Å². The number of nitrogens with zero attached hydrogens (tertiary/aromatic N) is 3. The fraction of sp³-hybridized carbons (Fsp3) is 0.300. The van der Waals surface area contributed by atoms with Crippen LogP contribution in [0.15, 0.2) is 36.7 Å². The Bertz CT molecular complexity index is 1090. The number of hydrogen-bond donors (Lipinski definition) is 1. The molecule has 0 atom stereocenters. The van der Waals surface area contributed by atoms with E-state index in [-0.39, 0.29) is 63.8 Å². The number of anilines is 2. The van der Waals surface area contributed by atoms with Crippen molar-refractivity contribution in [2.75, 3.05) is 5.32 Å². The Hall–Kier alpha value is -1.37. The Balaban J connectivity index is 0.00000341. The van der Waals surface area contributed by atoms with Gasteiger partial charge in [0.25, 0.3) is 0 Å². The second-order valence-corrected chi connectivity index (χ2v) is 8.56. The third-order valence-corrected chi connectivity index (χ3v) is 5.31. The number of carbonyl (C=O) groups excluding carboxylic acids is 1. The standard InChI is InChI=1S/C20H19F3N4O2S.K/c1-11-6-12(14-10-25-16(30-14)9-19(2,3)17(28)29)8-13(7-11)26-18-24-5-4-15(27-18)20(21,22)23;/h4-8,10H,9H2,1-3H3,(H,28,29)(H,24,26,27);/q;+1/p-1. The molecule has 0 aliphatic carbocycles. The van der Waals surface area contributed by atoms with E-state index in [1.807, 2.05) is 13.0 Å². The minimum Gasteiger partial charge on any atom is -0.550 e. The predicted molar refractivity (Wildman–Crippen MR) is 105 cm³/mol. The smallest absolute Gasteiger partial charge is 0.550 e. The Kier molecular flexibility index (Phi) is 8.39. The van der Waals surface area contributed by atoms with E-state index < -0.39 is 23.3 Å². The predicted octanol–water partition coefficient (Wildman–Crippen LogP) is 0.994. The molecule has 0 unspecified atom stereocenters. The van der Waals surface area contributed by atoms with Crippen LogP contribution in [0.1, 0.15) is 30.1 Å². The number of aliphatic carboxylic acids is 1. The largest absolute Gasteiger partial charge is 1.00 e. The van der Waals surface area contributed by atoms with Gasteiger partial charge in [0.05, 0.1) is 9.88 Å². The zero-order valence-electron chi connectivity index (χ0n) is 17.4. The van der Waals surface area contributed by atoms with Gasteiger partial charge in [0.2, 0.25) is 5.95 Å². The number of alkyl halides is 3. The van der Waals surface area contributed by atoms with Crippen molar-refractivity contribution in [1.82, 2.24) is 15.0 Å². The first kappa shape index (κ1) is 25.9. The van der Waals surface area contributed by atoms with Crippen molar-refractivity contribution in [3.8, 4) is 10.4 Å². The number of thiazole rings is 1. The Morgan fingerprint density at radius 3 is 2.55 bits per heavy atom. The summed E-state index contributed by atoms with van der Waals surface area (Å²) < 4.78 is 38.6. The summed E-state index contributed by atoms with van der Waals surface area (Å²) in [6, 6.07) is 6.21. The molecular formula is C20H18F3KN4O2S. The van der Waals surface area contributed by atoms with E-state index in [4.69, 9.17) is 0 Å². The van der Waals surface area contributed by atoms with Crippen molar-refractivity contribution in [2.45, 2.75) is 33.4 Å². The van der Waals surface area contributed by atoms with E-state index in [2.05, 4.69) is 20.3 Å². The summed E-state index contributed by atoms with van der Waals surface area (Å²) >= 11 is 1.35. The topological polar surface area (TPSA) is 90.8 Å². The van der Waals surface area contributed by atoms with Gasteiger partial charge in [-0.15, -0.1) is 11.3 Å². The van der Waals surface area contributed by atoms with Gasteiger partial charge < -0.3 is 15.2 Å². The summed E-state index contributed by atoms with van der Waals surface area (Å²) in [5.74, 6) is -1.32. The first-order chi connectivity index (χ1) is 13.9. The number of benzene rings is 1. The van der Waals surface area contributed by atoms with Gasteiger partial charge in [-0.1, -0.05) is 19.9 Å². The fourth-order valence-electron chi connectivity index (χ4n) is 2.68. The minimum atomic E-state index is -4.56. The van der Waals surface area contributed by atoms with Crippen molar-refractivity contribution in [3.05, 3.63) is 52.9 Å². The normalized spacial score (nSPS) is 11.7. The molecule has 0 aliphatic rings. The number of carbonyl (C=O) groups is 1. The zero-order chi connectivity index (χ0) is 22.1. The molecule has 1 N–H and O–H groups in total. The molecule has 3 aromatic rings. The molecule has 31 heavy (non-hydrogen) atoms. The molecule has 0 spiro atoms. The second-order valence-electron chi connectivity index (χ2n) is 7.44. The van der Waals surface area contributed by atoms with Gasteiger partial charge in [-0.3, -0.25) is 0 Å². The van der Waals surface area contributed by atoms with E-state index in [9.17, 15) is 23.1 Å². The van der Waals surface area contributed by atoms with Crippen molar-refractivity contribution in [1.29, 1.82) is 0 Å². The van der Waals surface area contributed by atoms with Gasteiger partial charge in [-0.25, -0.2) is 15.0 Å². The van der Waals surface area contributed by atoms with Crippen molar-refractivity contribution in [3.63, 3.8) is 0 Å². The molecule has 0 saturated carbocycles. The molecule has 1 aromatic carbocycles. The molecular weight excluding hydrogens is 456 g/mol. The molecule has 0 fully saturated rings. The Labute approximate surface area is 223 Å². The molecule has 0 bridgehead atoms. The third kappa shape index (κ3) is 6.80. The first-order valence-electron chi connectivity index (χ1n) is 8.89. The molecule has 6 nitrogen and oxygen atoms in total. The minimum absolute atomic E-state index is 0. The summed E-state index contributed by atoms with van der Waals surface area (Å²) in [5, 5.41) is 14.7. The maximum atomic E-state index is 12.9. The molecule has 2 aromatic heterocycles. The van der Waals surface area contributed by atoms with E-state index in [0.29, 0.717) is 10.7 Å². The molecule has 158 valence electrons. The fourth-order valence-corrected chi connectivity index (χ4v) is 3.81. The van der Waals surface area contributed by atoms with Crippen LogP contribution in [0.25, 0.3) is 10.4 Å². The van der Waals surface area contributed by atoms with Crippen LogP contribution in [-0.4, -0.2) is 20.9 Å². The van der Waals surface area contributed by atoms with Gasteiger partial charge in [-0.05, 0) is 36.2 Å². The second kappa shape index (κ2) is 10.0. The van der Waals surface area contributed by atoms with Gasteiger partial charge >= 0.3 is 57.6 Å². The maximum absolute atomic E-state index is 12.9. The number of hydrogen-bond acceptors (Lipinski definition) is 7. The van der Waals surface area contributed by atoms with Gasteiger partial charge in [-0.2, -0.15) is 13.2 Å². The summed E-state index contributed by atoms with van der Waals surface area (Å²) in [7, 11) is 0. The monoisotopic (exact) mass is 474 g/mol. The molecule has 3 rings (SSSR count). The molecule has 2 heterocycles. The summed E-state index contributed by atoms with van der Waals surface area (Å²) in [6.45, 7) is 5.00. The Morgan fingerprint density at radius 1 is 1.19 bits per heavy atom. The average Bonchev–Trinajstić information content (AvgIpc) is 3.08. The van der Waals surface area contributed by atoms with E-state index in [0.717, 1.165) is 28.3 Å². The number of aromatic nitrogens is 3. The number of nitrogens with one attached hydrogen (secondary N) is 1. The van der Waals surface area contributed by atoms with Crippen LogP contribution < -0.4 is 61.8 Å². The van der Waals surface area contributed by atoms with E-state index >= 15 is 0 Å². The summed E-state index contributed by atoms with van der Waals surface area (Å²) in [4.78, 5) is 23.7. The number of carboxylic acid groups (broad SMARTS) is 1. The molecule has 11 heteroatoms. The SMILES string of the molecule is Cc1cc(Nc2nccc(C(F)(F)F)n2)cc(-c2cnc(CC(C)(C)C(=O)[O-])s2)c1.[K+]. The van der Waals surface area contributed by atoms with Gasteiger partial charge in [0.15, 0.2) is 0 Å². The maximum Gasteiger partial charge on any atom is 1.00 e.